The van der Waals surface area contributed by atoms with Gasteiger partial charge in [-0.05, 0) is 17.2 Å². The van der Waals surface area contributed by atoms with Gasteiger partial charge in [-0.15, -0.1) is 0 Å². The lowest BCUT2D eigenvalue weighted by Gasteiger charge is -2.28. The van der Waals surface area contributed by atoms with Crippen LogP contribution in [0.2, 0.25) is 0 Å². The van der Waals surface area contributed by atoms with E-state index in [9.17, 15) is 4.79 Å². The molecule has 2 aromatic heterocycles. The number of imidazole rings is 1. The van der Waals surface area contributed by atoms with E-state index in [-0.39, 0.29) is 11.9 Å². The minimum Gasteiger partial charge on any atom is -0.329 e. The van der Waals surface area contributed by atoms with E-state index in [1.54, 1.807) is 21.7 Å². The Morgan fingerprint density at radius 2 is 1.58 bits per heavy atom. The molecule has 0 saturated heterocycles. The van der Waals surface area contributed by atoms with Gasteiger partial charge in [0.2, 0.25) is 5.78 Å². The Balaban J connectivity index is 1.74. The van der Waals surface area contributed by atoms with Crippen LogP contribution in [0.5, 0.6) is 0 Å². The summed E-state index contributed by atoms with van der Waals surface area (Å²) in [5.41, 5.74) is 2.48. The van der Waals surface area contributed by atoms with Crippen LogP contribution in [-0.4, -0.2) is 32.2 Å². The first-order chi connectivity index (χ1) is 12.7. The first-order valence-corrected chi connectivity index (χ1v) is 8.41. The van der Waals surface area contributed by atoms with Crippen molar-refractivity contribution < 1.29 is 4.79 Å². The van der Waals surface area contributed by atoms with Crippen molar-refractivity contribution in [3.05, 3.63) is 102 Å². The molecule has 26 heavy (non-hydrogen) atoms. The van der Waals surface area contributed by atoms with Crippen LogP contribution in [-0.2, 0) is 0 Å². The SMILES string of the molecule is CN(C(=O)c1cn2cccnc2n1)C(c1ccccc1)c1ccccc1. The molecule has 2 aromatic carbocycles. The Bertz CT molecular complexity index is 955. The maximum Gasteiger partial charge on any atom is 0.274 e. The fourth-order valence-corrected chi connectivity index (χ4v) is 3.14. The van der Waals surface area contributed by atoms with E-state index in [0.29, 0.717) is 11.5 Å². The van der Waals surface area contributed by atoms with Gasteiger partial charge in [-0.2, -0.15) is 0 Å². The molecule has 0 fully saturated rings. The lowest BCUT2D eigenvalue weighted by molar-refractivity contribution is 0.0750. The molecular weight excluding hydrogens is 324 g/mol. The molecule has 1 amide bonds. The highest BCUT2D eigenvalue weighted by Gasteiger charge is 2.26. The molecule has 0 atom stereocenters. The number of carbonyl (C=O) groups excluding carboxylic acids is 1. The third kappa shape index (κ3) is 2.95. The molecule has 0 N–H and O–H groups in total. The average Bonchev–Trinajstić information content (AvgIpc) is 3.13. The average molecular weight is 342 g/mol. The Hall–Kier alpha value is -3.47. The predicted octanol–water partition coefficient (Wildman–Crippen LogP) is 3.59. The van der Waals surface area contributed by atoms with E-state index < -0.39 is 0 Å². The highest BCUT2D eigenvalue weighted by Crippen LogP contribution is 2.28. The monoisotopic (exact) mass is 342 g/mol. The molecule has 5 nitrogen and oxygen atoms in total. The summed E-state index contributed by atoms with van der Waals surface area (Å²) in [7, 11) is 1.81. The van der Waals surface area contributed by atoms with E-state index in [1.165, 1.54) is 0 Å². The number of benzene rings is 2. The summed E-state index contributed by atoms with van der Waals surface area (Å²) in [4.78, 5) is 23.4. The number of hydrogen-bond acceptors (Lipinski definition) is 3. The van der Waals surface area contributed by atoms with Crippen LogP contribution >= 0.6 is 0 Å². The number of carbonyl (C=O) groups is 1. The Labute approximate surface area is 151 Å². The zero-order valence-corrected chi connectivity index (χ0v) is 14.4. The van der Waals surface area contributed by atoms with Gasteiger partial charge in [0.1, 0.15) is 5.69 Å². The van der Waals surface area contributed by atoms with Gasteiger partial charge in [-0.1, -0.05) is 60.7 Å². The van der Waals surface area contributed by atoms with Crippen molar-refractivity contribution in [2.75, 3.05) is 7.05 Å². The lowest BCUT2D eigenvalue weighted by Crippen LogP contribution is -2.32. The molecule has 0 saturated carbocycles. The molecule has 0 radical (unpaired) electrons. The number of aromatic nitrogens is 3. The molecule has 0 aliphatic heterocycles. The molecular formula is C21H18N4O. The summed E-state index contributed by atoms with van der Waals surface area (Å²) in [6.07, 6.45) is 5.21. The van der Waals surface area contributed by atoms with Crippen molar-refractivity contribution >= 4 is 11.7 Å². The smallest absolute Gasteiger partial charge is 0.274 e. The van der Waals surface area contributed by atoms with Crippen LogP contribution in [0, 0.1) is 0 Å². The third-order valence-electron chi connectivity index (χ3n) is 4.39. The number of hydrogen-bond donors (Lipinski definition) is 0. The first kappa shape index (κ1) is 16.0. The number of amides is 1. The van der Waals surface area contributed by atoms with Gasteiger partial charge < -0.3 is 4.90 Å². The summed E-state index contributed by atoms with van der Waals surface area (Å²) >= 11 is 0. The minimum absolute atomic E-state index is 0.145. The molecule has 2 heterocycles. The normalized spacial score (nSPS) is 11.0. The van der Waals surface area contributed by atoms with Crippen molar-refractivity contribution in [1.82, 2.24) is 19.3 Å². The molecule has 4 aromatic rings. The van der Waals surface area contributed by atoms with Crippen LogP contribution in [0.3, 0.4) is 0 Å². The van der Waals surface area contributed by atoms with Gasteiger partial charge in [-0.3, -0.25) is 9.20 Å². The topological polar surface area (TPSA) is 50.5 Å². The summed E-state index contributed by atoms with van der Waals surface area (Å²) in [6, 6.07) is 21.6. The maximum absolute atomic E-state index is 13.1. The predicted molar refractivity (Wildman–Crippen MR) is 99.8 cm³/mol. The van der Waals surface area contributed by atoms with E-state index in [1.807, 2.05) is 80.0 Å². The molecule has 0 aliphatic rings. The number of nitrogens with zero attached hydrogens (tertiary/aromatic N) is 4. The fourth-order valence-electron chi connectivity index (χ4n) is 3.14. The Kier molecular flexibility index (Phi) is 4.19. The molecule has 5 heteroatoms. The van der Waals surface area contributed by atoms with Crippen LogP contribution in [0.15, 0.2) is 85.3 Å². The van der Waals surface area contributed by atoms with Crippen LogP contribution in [0.4, 0.5) is 0 Å². The van der Waals surface area contributed by atoms with Crippen molar-refractivity contribution in [3.8, 4) is 0 Å². The van der Waals surface area contributed by atoms with E-state index in [0.717, 1.165) is 11.1 Å². The minimum atomic E-state index is -0.192. The molecule has 128 valence electrons. The van der Waals surface area contributed by atoms with Gasteiger partial charge in [0.05, 0.1) is 6.04 Å². The second-order valence-electron chi connectivity index (χ2n) is 6.09. The van der Waals surface area contributed by atoms with Gasteiger partial charge >= 0.3 is 0 Å². The van der Waals surface area contributed by atoms with Crippen molar-refractivity contribution in [3.63, 3.8) is 0 Å². The third-order valence-corrected chi connectivity index (χ3v) is 4.39. The lowest BCUT2D eigenvalue weighted by atomic mass is 9.97. The van der Waals surface area contributed by atoms with Gasteiger partial charge in [-0.25, -0.2) is 9.97 Å². The highest BCUT2D eigenvalue weighted by atomic mass is 16.2. The highest BCUT2D eigenvalue weighted by molar-refractivity contribution is 5.93. The van der Waals surface area contributed by atoms with Crippen molar-refractivity contribution in [1.29, 1.82) is 0 Å². The van der Waals surface area contributed by atoms with E-state index >= 15 is 0 Å². The largest absolute Gasteiger partial charge is 0.329 e. The second-order valence-corrected chi connectivity index (χ2v) is 6.09. The maximum atomic E-state index is 13.1. The van der Waals surface area contributed by atoms with Crippen LogP contribution in [0.25, 0.3) is 5.78 Å². The molecule has 0 spiro atoms. The summed E-state index contributed by atoms with van der Waals surface area (Å²) < 4.78 is 1.75. The molecule has 0 bridgehead atoms. The zero-order chi connectivity index (χ0) is 17.9. The number of rotatable bonds is 4. The van der Waals surface area contributed by atoms with Crippen LogP contribution < -0.4 is 0 Å². The molecule has 0 aliphatic carbocycles. The van der Waals surface area contributed by atoms with Gasteiger partial charge in [0, 0.05) is 25.6 Å². The summed E-state index contributed by atoms with van der Waals surface area (Å²) in [5, 5.41) is 0. The van der Waals surface area contributed by atoms with Gasteiger partial charge in [0.25, 0.3) is 5.91 Å². The summed E-state index contributed by atoms with van der Waals surface area (Å²) in [6.45, 7) is 0. The van der Waals surface area contributed by atoms with Crippen molar-refractivity contribution in [2.45, 2.75) is 6.04 Å². The number of fused-ring (bicyclic) bond motifs is 1. The standard InChI is InChI=1S/C21H18N4O/c1-24(20(26)18-15-25-14-8-13-22-21(25)23-18)19(16-9-4-2-5-10-16)17-11-6-3-7-12-17/h2-15,19H,1H3. The summed E-state index contributed by atoms with van der Waals surface area (Å²) in [5.74, 6) is 0.369. The Morgan fingerprint density at radius 1 is 0.962 bits per heavy atom. The Morgan fingerprint density at radius 3 is 2.15 bits per heavy atom. The fraction of sp³-hybridized carbons (Fsp3) is 0.0952. The zero-order valence-electron chi connectivity index (χ0n) is 14.4. The molecule has 4 rings (SSSR count). The quantitative estimate of drug-likeness (QED) is 0.569. The van der Waals surface area contributed by atoms with E-state index in [4.69, 9.17) is 0 Å². The van der Waals surface area contributed by atoms with Gasteiger partial charge in [0.15, 0.2) is 0 Å². The second kappa shape index (κ2) is 6.80. The first-order valence-electron chi connectivity index (χ1n) is 8.41. The van der Waals surface area contributed by atoms with Crippen molar-refractivity contribution in [2.24, 2.45) is 0 Å². The van der Waals surface area contributed by atoms with Crippen LogP contribution in [0.1, 0.15) is 27.7 Å². The molecule has 0 unspecified atom stereocenters. The van der Waals surface area contributed by atoms with E-state index in [2.05, 4.69) is 9.97 Å².